The van der Waals surface area contributed by atoms with Crippen molar-refractivity contribution in [2.45, 2.75) is 50.6 Å². The van der Waals surface area contributed by atoms with Gasteiger partial charge in [0.05, 0.1) is 6.04 Å². The number of hydrogen-bond acceptors (Lipinski definition) is 3. The van der Waals surface area contributed by atoms with Gasteiger partial charge < -0.3 is 11.1 Å². The van der Waals surface area contributed by atoms with Gasteiger partial charge in [-0.2, -0.15) is 0 Å². The highest BCUT2D eigenvalue weighted by atomic mass is 16.2. The van der Waals surface area contributed by atoms with E-state index in [9.17, 15) is 9.59 Å². The maximum atomic E-state index is 11.8. The molecule has 0 bridgehead atoms. The minimum Gasteiger partial charge on any atom is -0.335 e. The van der Waals surface area contributed by atoms with E-state index in [1.54, 1.807) is 0 Å². The molecular weight excluding hydrogens is 206 g/mol. The van der Waals surface area contributed by atoms with Gasteiger partial charge in [-0.3, -0.25) is 9.69 Å². The number of carbonyl (C=O) groups is 2. The van der Waals surface area contributed by atoms with E-state index in [2.05, 4.69) is 5.32 Å². The molecule has 3 N–H and O–H groups in total. The summed E-state index contributed by atoms with van der Waals surface area (Å²) in [6, 6.07) is -0.499. The summed E-state index contributed by atoms with van der Waals surface area (Å²) in [4.78, 5) is 25.0. The number of imide groups is 1. The zero-order chi connectivity index (χ0) is 11.5. The molecule has 5 nitrogen and oxygen atoms in total. The lowest BCUT2D eigenvalue weighted by Crippen LogP contribution is -2.52. The van der Waals surface area contributed by atoms with Gasteiger partial charge in [-0.1, -0.05) is 0 Å². The van der Waals surface area contributed by atoms with Crippen LogP contribution < -0.4 is 11.1 Å². The summed E-state index contributed by atoms with van der Waals surface area (Å²) in [5.41, 5.74) is 5.71. The van der Waals surface area contributed by atoms with Crippen LogP contribution in [-0.4, -0.2) is 35.5 Å². The summed E-state index contributed by atoms with van der Waals surface area (Å²) in [5, 5.41) is 2.88. The van der Waals surface area contributed by atoms with E-state index in [1.165, 1.54) is 11.3 Å². The van der Waals surface area contributed by atoms with Crippen LogP contribution in [0.1, 0.15) is 38.5 Å². The third-order valence-corrected chi connectivity index (χ3v) is 3.41. The molecule has 0 aromatic heterocycles. The Kier molecular flexibility index (Phi) is 3.43. The lowest BCUT2D eigenvalue weighted by Gasteiger charge is -2.29. The molecular formula is C11H19N3O2. The number of rotatable bonds is 1. The molecule has 5 heteroatoms. The van der Waals surface area contributed by atoms with Crippen LogP contribution in [0.5, 0.6) is 0 Å². The number of nitrogens with two attached hydrogens (primary N) is 1. The molecule has 0 aromatic carbocycles. The standard InChI is InChI=1S/C11H19N3O2/c12-9-6-1-2-7-14(10(9)15)11(16)13-8-4-3-5-8/h8-9H,1-7,12H2,(H,13,16)/t9-/m1/s1. The summed E-state index contributed by atoms with van der Waals surface area (Å²) in [6.07, 6.45) is 5.68. The molecule has 2 fully saturated rings. The number of urea groups is 1. The molecule has 0 unspecified atom stereocenters. The Morgan fingerprint density at radius 1 is 1.25 bits per heavy atom. The van der Waals surface area contributed by atoms with Gasteiger partial charge in [0.15, 0.2) is 0 Å². The first kappa shape index (κ1) is 11.4. The van der Waals surface area contributed by atoms with Crippen LogP contribution in [-0.2, 0) is 4.79 Å². The average molecular weight is 225 g/mol. The number of hydrogen-bond donors (Lipinski definition) is 2. The van der Waals surface area contributed by atoms with Crippen LogP contribution in [0.15, 0.2) is 0 Å². The first-order valence-electron chi connectivity index (χ1n) is 6.06. The van der Waals surface area contributed by atoms with Crippen molar-refractivity contribution in [1.82, 2.24) is 10.2 Å². The molecule has 1 saturated heterocycles. The fourth-order valence-corrected chi connectivity index (χ4v) is 2.07. The molecule has 90 valence electrons. The molecule has 1 aliphatic carbocycles. The number of nitrogens with one attached hydrogen (secondary N) is 1. The van der Waals surface area contributed by atoms with Crippen LogP contribution in [0.4, 0.5) is 4.79 Å². The van der Waals surface area contributed by atoms with Gasteiger partial charge >= 0.3 is 6.03 Å². The Morgan fingerprint density at radius 3 is 2.62 bits per heavy atom. The normalized spacial score (nSPS) is 27.2. The summed E-state index contributed by atoms with van der Waals surface area (Å²) in [6.45, 7) is 0.505. The minimum atomic E-state index is -0.505. The van der Waals surface area contributed by atoms with Crippen LogP contribution >= 0.6 is 0 Å². The van der Waals surface area contributed by atoms with Crippen molar-refractivity contribution in [2.24, 2.45) is 5.73 Å². The van der Waals surface area contributed by atoms with Crippen molar-refractivity contribution in [3.63, 3.8) is 0 Å². The van der Waals surface area contributed by atoms with Gasteiger partial charge in [-0.05, 0) is 38.5 Å². The highest BCUT2D eigenvalue weighted by Crippen LogP contribution is 2.19. The van der Waals surface area contributed by atoms with E-state index in [-0.39, 0.29) is 18.0 Å². The molecule has 3 amide bonds. The van der Waals surface area contributed by atoms with Crippen molar-refractivity contribution < 1.29 is 9.59 Å². The predicted octanol–water partition coefficient (Wildman–Crippen LogP) is 0.588. The molecule has 1 atom stereocenters. The van der Waals surface area contributed by atoms with Gasteiger partial charge in [0.1, 0.15) is 0 Å². The van der Waals surface area contributed by atoms with Crippen LogP contribution in [0.25, 0.3) is 0 Å². The minimum absolute atomic E-state index is 0.227. The number of nitrogens with zero attached hydrogens (tertiary/aromatic N) is 1. The number of carbonyl (C=O) groups excluding carboxylic acids is 2. The van der Waals surface area contributed by atoms with E-state index in [0.29, 0.717) is 13.0 Å². The summed E-state index contributed by atoms with van der Waals surface area (Å²) >= 11 is 0. The largest absolute Gasteiger partial charge is 0.335 e. The van der Waals surface area contributed by atoms with Crippen molar-refractivity contribution in [1.29, 1.82) is 0 Å². The molecule has 2 rings (SSSR count). The monoisotopic (exact) mass is 225 g/mol. The van der Waals surface area contributed by atoms with E-state index in [0.717, 1.165) is 25.7 Å². The molecule has 16 heavy (non-hydrogen) atoms. The molecule has 0 spiro atoms. The van der Waals surface area contributed by atoms with Crippen molar-refractivity contribution in [2.75, 3.05) is 6.54 Å². The Labute approximate surface area is 95.3 Å². The van der Waals surface area contributed by atoms with Gasteiger partial charge in [0.2, 0.25) is 5.91 Å². The van der Waals surface area contributed by atoms with Crippen LogP contribution in [0.3, 0.4) is 0 Å². The SMILES string of the molecule is N[C@@H]1CCCCN(C(=O)NC2CCC2)C1=O. The zero-order valence-electron chi connectivity index (χ0n) is 9.45. The van der Waals surface area contributed by atoms with E-state index >= 15 is 0 Å². The van der Waals surface area contributed by atoms with E-state index < -0.39 is 6.04 Å². The Bertz CT molecular complexity index is 289. The van der Waals surface area contributed by atoms with Gasteiger partial charge in [0.25, 0.3) is 0 Å². The Balaban J connectivity index is 1.94. The topological polar surface area (TPSA) is 75.4 Å². The molecule has 1 heterocycles. The summed E-state index contributed by atoms with van der Waals surface area (Å²) < 4.78 is 0. The van der Waals surface area contributed by atoms with Crippen molar-refractivity contribution in [3.05, 3.63) is 0 Å². The fourth-order valence-electron chi connectivity index (χ4n) is 2.07. The van der Waals surface area contributed by atoms with Crippen molar-refractivity contribution >= 4 is 11.9 Å². The molecule has 1 aliphatic heterocycles. The first-order chi connectivity index (χ1) is 7.68. The molecule has 0 radical (unpaired) electrons. The number of amides is 3. The second-order valence-electron chi connectivity index (χ2n) is 4.67. The Morgan fingerprint density at radius 2 is 2.00 bits per heavy atom. The highest BCUT2D eigenvalue weighted by Gasteiger charge is 2.30. The third-order valence-electron chi connectivity index (χ3n) is 3.41. The smallest absolute Gasteiger partial charge is 0.324 e. The quantitative estimate of drug-likeness (QED) is 0.685. The Hall–Kier alpha value is -1.10. The van der Waals surface area contributed by atoms with Gasteiger partial charge in [-0.15, -0.1) is 0 Å². The predicted molar refractivity (Wildman–Crippen MR) is 59.7 cm³/mol. The lowest BCUT2D eigenvalue weighted by molar-refractivity contribution is -0.129. The average Bonchev–Trinajstić information content (AvgIpc) is 2.36. The van der Waals surface area contributed by atoms with Gasteiger partial charge in [0, 0.05) is 12.6 Å². The molecule has 2 aliphatic rings. The van der Waals surface area contributed by atoms with E-state index in [1.807, 2.05) is 0 Å². The third kappa shape index (κ3) is 2.35. The lowest BCUT2D eigenvalue weighted by atomic mass is 9.93. The molecule has 0 aromatic rings. The first-order valence-corrected chi connectivity index (χ1v) is 6.06. The van der Waals surface area contributed by atoms with Gasteiger partial charge in [-0.25, -0.2) is 4.79 Å². The van der Waals surface area contributed by atoms with Crippen LogP contribution in [0.2, 0.25) is 0 Å². The highest BCUT2D eigenvalue weighted by molar-refractivity contribution is 5.97. The van der Waals surface area contributed by atoms with Crippen LogP contribution in [0, 0.1) is 0 Å². The zero-order valence-corrected chi connectivity index (χ0v) is 9.45. The van der Waals surface area contributed by atoms with E-state index in [4.69, 9.17) is 5.73 Å². The second kappa shape index (κ2) is 4.82. The summed E-state index contributed by atoms with van der Waals surface area (Å²) in [7, 11) is 0. The molecule has 1 saturated carbocycles. The maximum Gasteiger partial charge on any atom is 0.324 e. The summed E-state index contributed by atoms with van der Waals surface area (Å²) in [5.74, 6) is -0.227. The number of likely N-dealkylation sites (tertiary alicyclic amines) is 1. The maximum absolute atomic E-state index is 11.8. The van der Waals surface area contributed by atoms with Crippen molar-refractivity contribution in [3.8, 4) is 0 Å². The second-order valence-corrected chi connectivity index (χ2v) is 4.67. The fraction of sp³-hybridized carbons (Fsp3) is 0.818.